The van der Waals surface area contributed by atoms with Crippen LogP contribution in [0.4, 0.5) is 0 Å². The SMILES string of the molecule is CC(C)(C)CC(C)(C)C1OC1N. The Bertz CT molecular complexity index is 169. The highest BCUT2D eigenvalue weighted by Crippen LogP contribution is 2.43. The predicted molar refractivity (Wildman–Crippen MR) is 50.7 cm³/mol. The largest absolute Gasteiger partial charge is 0.353 e. The molecule has 0 aromatic heterocycles. The van der Waals surface area contributed by atoms with Crippen LogP contribution in [0, 0.1) is 10.8 Å². The molecule has 0 aromatic carbocycles. The van der Waals surface area contributed by atoms with Crippen LogP contribution in [-0.2, 0) is 4.74 Å². The van der Waals surface area contributed by atoms with Crippen LogP contribution >= 0.6 is 0 Å². The van der Waals surface area contributed by atoms with Crippen molar-refractivity contribution < 1.29 is 4.74 Å². The van der Waals surface area contributed by atoms with Gasteiger partial charge in [-0.2, -0.15) is 0 Å². The van der Waals surface area contributed by atoms with Crippen molar-refractivity contribution in [2.24, 2.45) is 16.6 Å². The highest BCUT2D eigenvalue weighted by molar-refractivity contribution is 4.94. The van der Waals surface area contributed by atoms with Gasteiger partial charge in [-0.1, -0.05) is 34.6 Å². The zero-order valence-electron chi connectivity index (χ0n) is 8.85. The quantitative estimate of drug-likeness (QED) is 0.646. The first-order valence-electron chi connectivity index (χ1n) is 4.63. The fraction of sp³-hybridized carbons (Fsp3) is 1.00. The van der Waals surface area contributed by atoms with Crippen LogP contribution < -0.4 is 5.73 Å². The van der Waals surface area contributed by atoms with Gasteiger partial charge in [0.15, 0.2) is 0 Å². The number of epoxide rings is 1. The summed E-state index contributed by atoms with van der Waals surface area (Å²) in [5, 5.41) is 0. The molecule has 0 bridgehead atoms. The molecule has 0 aromatic rings. The molecule has 0 amide bonds. The minimum Gasteiger partial charge on any atom is -0.353 e. The molecule has 1 rings (SSSR count). The van der Waals surface area contributed by atoms with Gasteiger partial charge in [-0.3, -0.25) is 0 Å². The maximum Gasteiger partial charge on any atom is 0.133 e. The van der Waals surface area contributed by atoms with Gasteiger partial charge < -0.3 is 10.5 Å². The molecule has 0 saturated carbocycles. The maximum atomic E-state index is 5.65. The monoisotopic (exact) mass is 171 g/mol. The van der Waals surface area contributed by atoms with E-state index < -0.39 is 0 Å². The summed E-state index contributed by atoms with van der Waals surface area (Å²) in [5.74, 6) is 0. The highest BCUT2D eigenvalue weighted by Gasteiger charge is 2.48. The third-order valence-electron chi connectivity index (χ3n) is 2.28. The van der Waals surface area contributed by atoms with Gasteiger partial charge in [-0.15, -0.1) is 0 Å². The van der Waals surface area contributed by atoms with E-state index in [1.165, 1.54) is 0 Å². The standard InChI is InChI=1S/C10H21NO/c1-9(2,3)6-10(4,5)7-8(11)12-7/h7-8H,6,11H2,1-5H3. The molecule has 0 aliphatic carbocycles. The summed E-state index contributed by atoms with van der Waals surface area (Å²) in [6.07, 6.45) is 1.41. The Morgan fingerprint density at radius 1 is 1.17 bits per heavy atom. The van der Waals surface area contributed by atoms with Crippen LogP contribution in [0.3, 0.4) is 0 Å². The third kappa shape index (κ3) is 2.46. The molecule has 2 N–H and O–H groups in total. The Labute approximate surface area is 75.5 Å². The second-order valence-corrected chi connectivity index (χ2v) is 5.75. The van der Waals surface area contributed by atoms with E-state index >= 15 is 0 Å². The van der Waals surface area contributed by atoms with Gasteiger partial charge in [0.2, 0.25) is 0 Å². The molecule has 72 valence electrons. The fourth-order valence-electron chi connectivity index (χ4n) is 2.22. The first-order chi connectivity index (χ1) is 5.22. The van der Waals surface area contributed by atoms with Crippen molar-refractivity contribution in [2.45, 2.75) is 53.4 Å². The minimum absolute atomic E-state index is 0.0117. The predicted octanol–water partition coefficient (Wildman–Crippen LogP) is 2.13. The molecule has 1 fully saturated rings. The van der Waals surface area contributed by atoms with Crippen LogP contribution in [0.5, 0.6) is 0 Å². The van der Waals surface area contributed by atoms with Gasteiger partial charge in [-0.05, 0) is 17.3 Å². The number of nitrogens with two attached hydrogens (primary N) is 1. The Morgan fingerprint density at radius 2 is 1.58 bits per heavy atom. The van der Waals surface area contributed by atoms with Crippen molar-refractivity contribution >= 4 is 0 Å². The van der Waals surface area contributed by atoms with Gasteiger partial charge in [0.25, 0.3) is 0 Å². The van der Waals surface area contributed by atoms with E-state index in [9.17, 15) is 0 Å². The van der Waals surface area contributed by atoms with Gasteiger partial charge in [0, 0.05) is 0 Å². The highest BCUT2D eigenvalue weighted by atomic mass is 16.6. The normalized spacial score (nSPS) is 30.5. The minimum atomic E-state index is -0.0117. The van der Waals surface area contributed by atoms with Gasteiger partial charge in [0.1, 0.15) is 12.3 Å². The van der Waals surface area contributed by atoms with Gasteiger partial charge in [-0.25, -0.2) is 0 Å². The average Bonchev–Trinajstić information content (AvgIpc) is 2.38. The second kappa shape index (κ2) is 2.71. The first kappa shape index (κ1) is 10.0. The van der Waals surface area contributed by atoms with E-state index in [2.05, 4.69) is 34.6 Å². The Balaban J connectivity index is 2.49. The topological polar surface area (TPSA) is 38.5 Å². The summed E-state index contributed by atoms with van der Waals surface area (Å²) in [6.45, 7) is 11.2. The van der Waals surface area contributed by atoms with Gasteiger partial charge >= 0.3 is 0 Å². The lowest BCUT2D eigenvalue weighted by Gasteiger charge is -2.31. The number of hydrogen-bond donors (Lipinski definition) is 1. The summed E-state index contributed by atoms with van der Waals surface area (Å²) in [5.41, 5.74) is 6.23. The molecular formula is C10H21NO. The molecule has 2 heteroatoms. The van der Waals surface area contributed by atoms with Crippen LogP contribution in [0.2, 0.25) is 0 Å². The zero-order chi connectivity index (χ0) is 9.57. The summed E-state index contributed by atoms with van der Waals surface area (Å²) in [4.78, 5) is 0. The van der Waals surface area contributed by atoms with E-state index in [0.717, 1.165) is 6.42 Å². The van der Waals surface area contributed by atoms with Crippen LogP contribution in [-0.4, -0.2) is 12.3 Å². The second-order valence-electron chi connectivity index (χ2n) is 5.75. The van der Waals surface area contributed by atoms with Crippen molar-refractivity contribution in [2.75, 3.05) is 0 Å². The molecule has 0 spiro atoms. The van der Waals surface area contributed by atoms with Crippen LogP contribution in [0.1, 0.15) is 41.0 Å². The molecule has 12 heavy (non-hydrogen) atoms. The summed E-state index contributed by atoms with van der Waals surface area (Å²) >= 11 is 0. The zero-order valence-corrected chi connectivity index (χ0v) is 8.85. The van der Waals surface area contributed by atoms with E-state index in [-0.39, 0.29) is 17.7 Å². The number of ether oxygens (including phenoxy) is 1. The van der Waals surface area contributed by atoms with Crippen molar-refractivity contribution in [1.82, 2.24) is 0 Å². The maximum absolute atomic E-state index is 5.65. The Morgan fingerprint density at radius 3 is 1.83 bits per heavy atom. The average molecular weight is 171 g/mol. The van der Waals surface area contributed by atoms with E-state index in [0.29, 0.717) is 5.41 Å². The third-order valence-corrected chi connectivity index (χ3v) is 2.28. The molecule has 1 aliphatic rings. The van der Waals surface area contributed by atoms with Crippen molar-refractivity contribution in [1.29, 1.82) is 0 Å². The van der Waals surface area contributed by atoms with Crippen molar-refractivity contribution in [3.05, 3.63) is 0 Å². The lowest BCUT2D eigenvalue weighted by Crippen LogP contribution is -2.28. The van der Waals surface area contributed by atoms with E-state index in [4.69, 9.17) is 10.5 Å². The lowest BCUT2D eigenvalue weighted by molar-refractivity contribution is 0.160. The lowest BCUT2D eigenvalue weighted by atomic mass is 9.74. The first-order valence-corrected chi connectivity index (χ1v) is 4.63. The molecule has 1 saturated heterocycles. The number of hydrogen-bond acceptors (Lipinski definition) is 2. The summed E-state index contributed by atoms with van der Waals surface area (Å²) in [7, 11) is 0. The Hall–Kier alpha value is -0.0800. The molecular weight excluding hydrogens is 150 g/mol. The molecule has 1 heterocycles. The van der Waals surface area contributed by atoms with Gasteiger partial charge in [0.05, 0.1) is 0 Å². The fourth-order valence-corrected chi connectivity index (χ4v) is 2.22. The number of rotatable bonds is 2. The van der Waals surface area contributed by atoms with Crippen LogP contribution in [0.25, 0.3) is 0 Å². The molecule has 0 radical (unpaired) electrons. The molecule has 1 aliphatic heterocycles. The molecule has 2 atom stereocenters. The van der Waals surface area contributed by atoms with Crippen molar-refractivity contribution in [3.63, 3.8) is 0 Å². The summed E-state index contributed by atoms with van der Waals surface area (Å²) < 4.78 is 5.31. The molecule has 2 unspecified atom stereocenters. The smallest absolute Gasteiger partial charge is 0.133 e. The summed E-state index contributed by atoms with van der Waals surface area (Å²) in [6, 6.07) is 0. The van der Waals surface area contributed by atoms with E-state index in [1.807, 2.05) is 0 Å². The van der Waals surface area contributed by atoms with E-state index in [1.54, 1.807) is 0 Å². The molecule has 2 nitrogen and oxygen atoms in total. The Kier molecular flexibility index (Phi) is 2.26. The van der Waals surface area contributed by atoms with Crippen LogP contribution in [0.15, 0.2) is 0 Å². The van der Waals surface area contributed by atoms with Crippen molar-refractivity contribution in [3.8, 4) is 0 Å².